The lowest BCUT2D eigenvalue weighted by Gasteiger charge is -2.17. The summed E-state index contributed by atoms with van der Waals surface area (Å²) in [6.07, 6.45) is 8.41. The number of ketones is 1. The molecule has 2 aromatic rings. The maximum Gasteiger partial charge on any atom is 0.220 e. The number of hydrogen-bond donors (Lipinski definition) is 2. The Balaban J connectivity index is 2.02. The third kappa shape index (κ3) is 7.52. The van der Waals surface area contributed by atoms with E-state index in [0.717, 1.165) is 37.7 Å². The van der Waals surface area contributed by atoms with E-state index in [1.165, 1.54) is 6.20 Å². The molecule has 0 spiro atoms. The summed E-state index contributed by atoms with van der Waals surface area (Å²) in [5, 5.41) is 2.68. The van der Waals surface area contributed by atoms with Crippen LogP contribution in [0.5, 0.6) is 0 Å². The van der Waals surface area contributed by atoms with Crippen LogP contribution >= 0.6 is 0 Å². The average molecular weight is 399 g/mol. The van der Waals surface area contributed by atoms with Crippen molar-refractivity contribution in [2.45, 2.75) is 64.5 Å². The van der Waals surface area contributed by atoms with Gasteiger partial charge in [0, 0.05) is 25.4 Å². The molecule has 0 aliphatic heterocycles. The van der Waals surface area contributed by atoms with Crippen molar-refractivity contribution < 1.29 is 14.4 Å². The highest BCUT2D eigenvalue weighted by molar-refractivity contribution is 6.01. The summed E-state index contributed by atoms with van der Waals surface area (Å²) in [6, 6.07) is 8.66. The van der Waals surface area contributed by atoms with Gasteiger partial charge in [-0.3, -0.25) is 14.4 Å². The number of rotatable bonds is 13. The molecule has 0 saturated heterocycles. The lowest BCUT2D eigenvalue weighted by atomic mass is 10.1. The van der Waals surface area contributed by atoms with Crippen molar-refractivity contribution in [3.63, 3.8) is 0 Å². The van der Waals surface area contributed by atoms with Gasteiger partial charge >= 0.3 is 0 Å². The van der Waals surface area contributed by atoms with Gasteiger partial charge in [0.2, 0.25) is 17.6 Å². The molecule has 0 saturated carbocycles. The molecular formula is C22H30N4O3. The molecule has 3 N–H and O–H groups in total. The van der Waals surface area contributed by atoms with Crippen LogP contribution in [0.15, 0.2) is 42.7 Å². The van der Waals surface area contributed by atoms with Gasteiger partial charge in [-0.25, -0.2) is 4.98 Å². The Kier molecular flexibility index (Phi) is 9.08. The van der Waals surface area contributed by atoms with E-state index < -0.39 is 17.7 Å². The summed E-state index contributed by atoms with van der Waals surface area (Å²) in [4.78, 5) is 40.9. The van der Waals surface area contributed by atoms with Crippen LogP contribution in [0.4, 0.5) is 0 Å². The standard InChI is InChI=1S/C22H30N4O3/c1-2-3-4-5-9-12-20(28)25-18(15-19(23)27)21(29)22-24-13-14-26(22)16-17-10-7-6-8-11-17/h6-8,10-11,13-14,18H,2-5,9,12,15-16H2,1H3,(H2,23,27)(H,25,28)/t18-/m1/s1. The Morgan fingerprint density at radius 1 is 1.10 bits per heavy atom. The number of carbonyl (C=O) groups excluding carboxylic acids is 3. The number of nitrogens with one attached hydrogen (secondary N) is 1. The second-order valence-electron chi connectivity index (χ2n) is 7.18. The molecule has 1 aromatic heterocycles. The molecular weight excluding hydrogens is 368 g/mol. The van der Waals surface area contributed by atoms with E-state index in [4.69, 9.17) is 5.73 Å². The van der Waals surface area contributed by atoms with Crippen molar-refractivity contribution in [2.75, 3.05) is 0 Å². The predicted octanol–water partition coefficient (Wildman–Crippen LogP) is 2.83. The van der Waals surface area contributed by atoms with Crippen LogP contribution in [0, 0.1) is 0 Å². The highest BCUT2D eigenvalue weighted by atomic mass is 16.2. The lowest BCUT2D eigenvalue weighted by Crippen LogP contribution is -2.44. The van der Waals surface area contributed by atoms with Crippen molar-refractivity contribution in [3.05, 3.63) is 54.1 Å². The van der Waals surface area contributed by atoms with Gasteiger partial charge in [-0.2, -0.15) is 0 Å². The van der Waals surface area contributed by atoms with Gasteiger partial charge in [0.1, 0.15) is 6.04 Å². The molecule has 156 valence electrons. The van der Waals surface area contributed by atoms with Gasteiger partial charge in [0.15, 0.2) is 5.82 Å². The number of benzene rings is 1. The summed E-state index contributed by atoms with van der Waals surface area (Å²) in [5.74, 6) is -1.11. The minimum atomic E-state index is -1.01. The smallest absolute Gasteiger partial charge is 0.220 e. The second kappa shape index (κ2) is 11.8. The van der Waals surface area contributed by atoms with Crippen molar-refractivity contribution in [3.8, 4) is 0 Å². The fraction of sp³-hybridized carbons (Fsp3) is 0.455. The number of unbranched alkanes of at least 4 members (excludes halogenated alkanes) is 4. The fourth-order valence-corrected chi connectivity index (χ4v) is 3.16. The first-order valence-electron chi connectivity index (χ1n) is 10.2. The Labute approximate surface area is 171 Å². The van der Waals surface area contributed by atoms with E-state index in [1.807, 2.05) is 30.3 Å². The number of aromatic nitrogens is 2. The first kappa shape index (κ1) is 22.3. The first-order valence-corrected chi connectivity index (χ1v) is 10.2. The summed E-state index contributed by atoms with van der Waals surface area (Å²) in [7, 11) is 0. The van der Waals surface area contributed by atoms with Gasteiger partial charge in [-0.05, 0) is 12.0 Å². The van der Waals surface area contributed by atoms with Crippen LogP contribution in [0.2, 0.25) is 0 Å². The highest BCUT2D eigenvalue weighted by Crippen LogP contribution is 2.10. The van der Waals surface area contributed by atoms with Crippen LogP contribution in [-0.2, 0) is 16.1 Å². The predicted molar refractivity (Wildman–Crippen MR) is 111 cm³/mol. The molecule has 1 heterocycles. The molecule has 0 aliphatic carbocycles. The van der Waals surface area contributed by atoms with E-state index in [0.29, 0.717) is 13.0 Å². The maximum atomic E-state index is 13.0. The summed E-state index contributed by atoms with van der Waals surface area (Å²) in [6.45, 7) is 2.60. The largest absolute Gasteiger partial charge is 0.370 e. The van der Waals surface area contributed by atoms with Crippen LogP contribution in [-0.4, -0.2) is 33.2 Å². The zero-order valence-corrected chi connectivity index (χ0v) is 17.0. The third-order valence-corrected chi connectivity index (χ3v) is 4.70. The zero-order valence-electron chi connectivity index (χ0n) is 17.0. The number of amides is 2. The Hall–Kier alpha value is -2.96. The SMILES string of the molecule is CCCCCCCC(=O)N[C@H](CC(N)=O)C(=O)c1nccn1Cc1ccccc1. The van der Waals surface area contributed by atoms with Gasteiger partial charge in [-0.1, -0.05) is 62.9 Å². The Bertz CT molecular complexity index is 801. The molecule has 0 bridgehead atoms. The fourth-order valence-electron chi connectivity index (χ4n) is 3.16. The minimum absolute atomic E-state index is 0.198. The Morgan fingerprint density at radius 2 is 1.83 bits per heavy atom. The van der Waals surface area contributed by atoms with Crippen molar-refractivity contribution in [1.29, 1.82) is 0 Å². The van der Waals surface area contributed by atoms with Crippen LogP contribution < -0.4 is 11.1 Å². The van der Waals surface area contributed by atoms with E-state index in [9.17, 15) is 14.4 Å². The minimum Gasteiger partial charge on any atom is -0.370 e. The number of hydrogen-bond acceptors (Lipinski definition) is 4. The quantitative estimate of drug-likeness (QED) is 0.399. The second-order valence-corrected chi connectivity index (χ2v) is 7.18. The number of nitrogens with two attached hydrogens (primary N) is 1. The number of Topliss-reactive ketones (excluding diaryl/α,β-unsaturated/α-hetero) is 1. The molecule has 1 aromatic carbocycles. The molecule has 7 heteroatoms. The molecule has 0 fully saturated rings. The van der Waals surface area contributed by atoms with Crippen molar-refractivity contribution >= 4 is 17.6 Å². The average Bonchev–Trinajstić information content (AvgIpc) is 3.15. The highest BCUT2D eigenvalue weighted by Gasteiger charge is 2.27. The number of primary amides is 1. The van der Waals surface area contributed by atoms with Gasteiger partial charge < -0.3 is 15.6 Å². The maximum absolute atomic E-state index is 13.0. The number of nitrogens with zero attached hydrogens (tertiary/aromatic N) is 2. The summed E-state index contributed by atoms with van der Waals surface area (Å²) in [5.41, 5.74) is 6.32. The number of imidazole rings is 1. The molecule has 2 amide bonds. The van der Waals surface area contributed by atoms with Crippen LogP contribution in [0.3, 0.4) is 0 Å². The monoisotopic (exact) mass is 398 g/mol. The van der Waals surface area contributed by atoms with E-state index in [2.05, 4.69) is 17.2 Å². The lowest BCUT2D eigenvalue weighted by molar-refractivity contribution is -0.122. The zero-order chi connectivity index (χ0) is 21.1. The van der Waals surface area contributed by atoms with E-state index >= 15 is 0 Å². The summed E-state index contributed by atoms with van der Waals surface area (Å²) >= 11 is 0. The topological polar surface area (TPSA) is 107 Å². The molecule has 0 unspecified atom stereocenters. The van der Waals surface area contributed by atoms with Crippen molar-refractivity contribution in [2.24, 2.45) is 5.73 Å². The molecule has 29 heavy (non-hydrogen) atoms. The van der Waals surface area contributed by atoms with E-state index in [-0.39, 0.29) is 18.2 Å². The molecule has 7 nitrogen and oxygen atoms in total. The molecule has 0 radical (unpaired) electrons. The molecule has 1 atom stereocenters. The Morgan fingerprint density at radius 3 is 2.52 bits per heavy atom. The van der Waals surface area contributed by atoms with Crippen molar-refractivity contribution in [1.82, 2.24) is 14.9 Å². The number of carbonyl (C=O) groups is 3. The normalized spacial score (nSPS) is 11.8. The van der Waals surface area contributed by atoms with Crippen LogP contribution in [0.1, 0.15) is 68.1 Å². The van der Waals surface area contributed by atoms with Gasteiger partial charge in [-0.15, -0.1) is 0 Å². The van der Waals surface area contributed by atoms with Gasteiger partial charge in [0.25, 0.3) is 0 Å². The van der Waals surface area contributed by atoms with E-state index in [1.54, 1.807) is 10.8 Å². The third-order valence-electron chi connectivity index (χ3n) is 4.70. The first-order chi connectivity index (χ1) is 14.0. The van der Waals surface area contributed by atoms with Crippen LogP contribution in [0.25, 0.3) is 0 Å². The molecule has 2 rings (SSSR count). The summed E-state index contributed by atoms with van der Waals surface area (Å²) < 4.78 is 1.71. The molecule has 0 aliphatic rings. The van der Waals surface area contributed by atoms with Gasteiger partial charge in [0.05, 0.1) is 6.42 Å².